The molecule has 2 aromatic carbocycles. The van der Waals surface area contributed by atoms with Gasteiger partial charge in [-0.2, -0.15) is 0 Å². The molecule has 23 heavy (non-hydrogen) atoms. The van der Waals surface area contributed by atoms with Crippen molar-refractivity contribution in [2.24, 2.45) is 11.5 Å². The van der Waals surface area contributed by atoms with Crippen molar-refractivity contribution in [2.75, 3.05) is 6.54 Å². The molecule has 6 heteroatoms. The average Bonchev–Trinajstić information content (AvgIpc) is 3.15. The molecule has 0 aromatic heterocycles. The Labute approximate surface area is 135 Å². The van der Waals surface area contributed by atoms with Crippen LogP contribution in [-0.2, 0) is 9.84 Å². The lowest BCUT2D eigenvalue weighted by molar-refractivity contribution is 0.586. The standard InChI is InChI=1S/C17H19FN2O2S/c1-11-5-7-14(8-6-11)23(21,22)16-15(17(16,20)10-19)12-3-2-4-13(18)9-12/h2-9,15-16H,10,19-20H2,1H3/t15-,16+,17+/m0/s1. The second-order valence-electron chi connectivity index (χ2n) is 6.13. The molecular weight excluding hydrogens is 315 g/mol. The van der Waals surface area contributed by atoms with Crippen LogP contribution < -0.4 is 11.5 Å². The van der Waals surface area contributed by atoms with Gasteiger partial charge in [-0.3, -0.25) is 0 Å². The van der Waals surface area contributed by atoms with E-state index >= 15 is 0 Å². The summed E-state index contributed by atoms with van der Waals surface area (Å²) in [5, 5.41) is -0.843. The van der Waals surface area contributed by atoms with E-state index in [1.165, 1.54) is 12.1 Å². The lowest BCUT2D eigenvalue weighted by atomic mass is 10.1. The van der Waals surface area contributed by atoms with E-state index in [-0.39, 0.29) is 11.4 Å². The van der Waals surface area contributed by atoms with Gasteiger partial charge < -0.3 is 11.5 Å². The first-order valence-corrected chi connectivity index (χ1v) is 8.90. The van der Waals surface area contributed by atoms with Crippen LogP contribution in [0.2, 0.25) is 0 Å². The molecule has 0 amide bonds. The van der Waals surface area contributed by atoms with E-state index in [9.17, 15) is 12.8 Å². The summed E-state index contributed by atoms with van der Waals surface area (Å²) in [6.45, 7) is 1.90. The van der Waals surface area contributed by atoms with E-state index in [2.05, 4.69) is 0 Å². The molecule has 0 radical (unpaired) electrons. The number of aryl methyl sites for hydroxylation is 1. The van der Waals surface area contributed by atoms with Crippen LogP contribution in [0, 0.1) is 12.7 Å². The van der Waals surface area contributed by atoms with E-state index < -0.39 is 32.4 Å². The number of nitrogens with two attached hydrogens (primary N) is 2. The van der Waals surface area contributed by atoms with Gasteiger partial charge in [0.25, 0.3) is 0 Å². The zero-order valence-electron chi connectivity index (χ0n) is 12.7. The Morgan fingerprint density at radius 3 is 2.39 bits per heavy atom. The molecule has 4 nitrogen and oxygen atoms in total. The summed E-state index contributed by atoms with van der Waals surface area (Å²) >= 11 is 0. The summed E-state index contributed by atoms with van der Waals surface area (Å²) in [6.07, 6.45) is 0. The summed E-state index contributed by atoms with van der Waals surface area (Å²) < 4.78 is 39.3. The van der Waals surface area contributed by atoms with Crippen molar-refractivity contribution in [3.63, 3.8) is 0 Å². The zero-order chi connectivity index (χ0) is 16.8. The molecule has 1 saturated carbocycles. The topological polar surface area (TPSA) is 86.2 Å². The molecule has 2 aromatic rings. The van der Waals surface area contributed by atoms with Crippen molar-refractivity contribution in [3.05, 3.63) is 65.5 Å². The molecule has 1 aliphatic carbocycles. The highest BCUT2D eigenvalue weighted by Crippen LogP contribution is 2.55. The van der Waals surface area contributed by atoms with Crippen LogP contribution in [0.25, 0.3) is 0 Å². The normalized spacial score (nSPS) is 27.0. The van der Waals surface area contributed by atoms with Crippen molar-refractivity contribution < 1.29 is 12.8 Å². The first-order valence-electron chi connectivity index (χ1n) is 7.35. The van der Waals surface area contributed by atoms with Crippen LogP contribution in [0.15, 0.2) is 53.4 Å². The van der Waals surface area contributed by atoms with Gasteiger partial charge in [-0.1, -0.05) is 29.8 Å². The average molecular weight is 334 g/mol. The van der Waals surface area contributed by atoms with Gasteiger partial charge in [-0.25, -0.2) is 12.8 Å². The van der Waals surface area contributed by atoms with Gasteiger partial charge in [0, 0.05) is 12.5 Å². The molecule has 0 unspecified atom stereocenters. The summed E-state index contributed by atoms with van der Waals surface area (Å²) in [5.74, 6) is -0.922. The van der Waals surface area contributed by atoms with E-state index in [0.29, 0.717) is 5.56 Å². The van der Waals surface area contributed by atoms with Gasteiger partial charge in [0.2, 0.25) is 0 Å². The fourth-order valence-corrected chi connectivity index (χ4v) is 5.51. The van der Waals surface area contributed by atoms with Crippen LogP contribution >= 0.6 is 0 Å². The van der Waals surface area contributed by atoms with E-state index in [4.69, 9.17) is 11.5 Å². The molecule has 0 bridgehead atoms. The Hall–Kier alpha value is -1.76. The Balaban J connectivity index is 2.03. The lowest BCUT2D eigenvalue weighted by Gasteiger charge is -2.09. The van der Waals surface area contributed by atoms with Crippen molar-refractivity contribution in [1.29, 1.82) is 0 Å². The third kappa shape index (κ3) is 2.56. The summed E-state index contributed by atoms with van der Waals surface area (Å²) in [7, 11) is -3.64. The smallest absolute Gasteiger partial charge is 0.183 e. The van der Waals surface area contributed by atoms with Crippen molar-refractivity contribution in [1.82, 2.24) is 0 Å². The van der Waals surface area contributed by atoms with Crippen LogP contribution in [0.1, 0.15) is 17.0 Å². The molecule has 0 heterocycles. The molecule has 0 saturated heterocycles. The van der Waals surface area contributed by atoms with Crippen LogP contribution in [0.4, 0.5) is 4.39 Å². The molecule has 122 valence electrons. The van der Waals surface area contributed by atoms with Gasteiger partial charge in [-0.15, -0.1) is 0 Å². The Morgan fingerprint density at radius 2 is 1.83 bits per heavy atom. The highest BCUT2D eigenvalue weighted by atomic mass is 32.2. The first kappa shape index (κ1) is 16.1. The highest BCUT2D eigenvalue weighted by molar-refractivity contribution is 7.92. The summed E-state index contributed by atoms with van der Waals surface area (Å²) in [5.41, 5.74) is 12.5. The van der Waals surface area contributed by atoms with Crippen LogP contribution in [0.3, 0.4) is 0 Å². The van der Waals surface area contributed by atoms with Crippen molar-refractivity contribution in [3.8, 4) is 0 Å². The molecule has 1 fully saturated rings. The third-order valence-electron chi connectivity index (χ3n) is 4.55. The Kier molecular flexibility index (Phi) is 3.78. The van der Waals surface area contributed by atoms with Crippen molar-refractivity contribution in [2.45, 2.75) is 28.5 Å². The molecule has 3 rings (SSSR count). The van der Waals surface area contributed by atoms with Gasteiger partial charge in [-0.05, 0) is 36.8 Å². The van der Waals surface area contributed by atoms with Crippen LogP contribution in [-0.4, -0.2) is 25.8 Å². The largest absolute Gasteiger partial charge is 0.329 e. The number of rotatable bonds is 4. The number of hydrogen-bond acceptors (Lipinski definition) is 4. The van der Waals surface area contributed by atoms with E-state index in [0.717, 1.165) is 5.56 Å². The predicted octanol–water partition coefficient (Wildman–Crippen LogP) is 1.73. The molecule has 4 N–H and O–H groups in total. The SMILES string of the molecule is Cc1ccc(S(=O)(=O)[C@@H]2[C@H](c3cccc(F)c3)[C@]2(N)CN)cc1. The second-order valence-corrected chi connectivity index (χ2v) is 8.20. The van der Waals surface area contributed by atoms with Gasteiger partial charge in [0.1, 0.15) is 5.82 Å². The Bertz CT molecular complexity index is 836. The van der Waals surface area contributed by atoms with Crippen LogP contribution in [0.5, 0.6) is 0 Å². The second kappa shape index (κ2) is 5.40. The number of hydrogen-bond donors (Lipinski definition) is 2. The summed E-state index contributed by atoms with van der Waals surface area (Å²) in [6, 6.07) is 12.5. The Morgan fingerprint density at radius 1 is 1.17 bits per heavy atom. The highest BCUT2D eigenvalue weighted by Gasteiger charge is 2.68. The van der Waals surface area contributed by atoms with E-state index in [1.807, 2.05) is 6.92 Å². The maximum Gasteiger partial charge on any atom is 0.183 e. The number of benzene rings is 2. The van der Waals surface area contributed by atoms with E-state index in [1.54, 1.807) is 36.4 Å². The zero-order valence-corrected chi connectivity index (χ0v) is 13.6. The first-order chi connectivity index (χ1) is 10.8. The maximum absolute atomic E-state index is 13.5. The minimum Gasteiger partial charge on any atom is -0.329 e. The van der Waals surface area contributed by atoms with Gasteiger partial charge in [0.15, 0.2) is 9.84 Å². The molecule has 1 aliphatic rings. The van der Waals surface area contributed by atoms with Gasteiger partial charge in [0.05, 0.1) is 15.7 Å². The van der Waals surface area contributed by atoms with Gasteiger partial charge >= 0.3 is 0 Å². The maximum atomic E-state index is 13.5. The lowest BCUT2D eigenvalue weighted by Crippen LogP contribution is -2.39. The fourth-order valence-electron chi connectivity index (χ4n) is 3.19. The fraction of sp³-hybridized carbons (Fsp3) is 0.294. The quantitative estimate of drug-likeness (QED) is 0.891. The number of halogens is 1. The molecule has 0 spiro atoms. The third-order valence-corrected chi connectivity index (χ3v) is 6.86. The summed E-state index contributed by atoms with van der Waals surface area (Å²) in [4.78, 5) is 0.218. The monoisotopic (exact) mass is 334 g/mol. The molecule has 3 atom stereocenters. The minimum absolute atomic E-state index is 0.0178. The molecular formula is C17H19FN2O2S. The number of sulfone groups is 1. The van der Waals surface area contributed by atoms with Crippen molar-refractivity contribution >= 4 is 9.84 Å². The minimum atomic E-state index is -3.64. The molecule has 0 aliphatic heterocycles. The predicted molar refractivity (Wildman–Crippen MR) is 87.3 cm³/mol.